The Kier molecular flexibility index (Phi) is 8.27. The molecule has 0 spiro atoms. The van der Waals surface area contributed by atoms with Gasteiger partial charge in [0.1, 0.15) is 13.2 Å². The first kappa shape index (κ1) is 21.8. The molecular formula is C24H30N2O4. The molecule has 160 valence electrons. The van der Waals surface area contributed by atoms with E-state index in [1.165, 1.54) is 12.8 Å². The van der Waals surface area contributed by atoms with Crippen LogP contribution in [-0.2, 0) is 27.5 Å². The van der Waals surface area contributed by atoms with Crippen LogP contribution in [0.15, 0.2) is 54.6 Å². The van der Waals surface area contributed by atoms with E-state index in [4.69, 9.17) is 9.47 Å². The van der Waals surface area contributed by atoms with Gasteiger partial charge in [0.25, 0.3) is 0 Å². The summed E-state index contributed by atoms with van der Waals surface area (Å²) in [4.78, 5) is 23.9. The number of alkyl carbamates (subject to hydrolysis) is 1. The van der Waals surface area contributed by atoms with Gasteiger partial charge in [0, 0.05) is 5.69 Å². The molecule has 0 heterocycles. The van der Waals surface area contributed by atoms with Crippen molar-refractivity contribution in [3.05, 3.63) is 65.7 Å². The summed E-state index contributed by atoms with van der Waals surface area (Å²) < 4.78 is 11.2. The zero-order valence-corrected chi connectivity index (χ0v) is 17.4. The maximum atomic E-state index is 12.1. The van der Waals surface area contributed by atoms with Crippen LogP contribution in [0.4, 0.5) is 10.5 Å². The van der Waals surface area contributed by atoms with E-state index < -0.39 is 6.09 Å². The van der Waals surface area contributed by atoms with Gasteiger partial charge in [-0.3, -0.25) is 4.79 Å². The summed E-state index contributed by atoms with van der Waals surface area (Å²) in [6.07, 6.45) is 4.43. The number of benzene rings is 2. The van der Waals surface area contributed by atoms with Crippen LogP contribution < -0.4 is 10.6 Å². The van der Waals surface area contributed by atoms with Crippen molar-refractivity contribution in [3.63, 3.8) is 0 Å². The molecule has 2 N–H and O–H groups in total. The Bertz CT molecular complexity index is 825. The smallest absolute Gasteiger partial charge is 0.407 e. The van der Waals surface area contributed by atoms with Gasteiger partial charge >= 0.3 is 6.09 Å². The zero-order valence-electron chi connectivity index (χ0n) is 17.4. The Hall–Kier alpha value is -2.86. The Balaban J connectivity index is 1.38. The minimum atomic E-state index is -0.627. The first-order chi connectivity index (χ1) is 14.6. The monoisotopic (exact) mass is 410 g/mol. The number of carbonyl (C=O) groups is 2. The predicted octanol–water partition coefficient (Wildman–Crippen LogP) is 4.65. The molecule has 1 saturated carbocycles. The summed E-state index contributed by atoms with van der Waals surface area (Å²) in [7, 11) is 0. The highest BCUT2D eigenvalue weighted by Gasteiger charge is 2.19. The van der Waals surface area contributed by atoms with Crippen molar-refractivity contribution in [1.29, 1.82) is 0 Å². The summed E-state index contributed by atoms with van der Waals surface area (Å²) in [5, 5.41) is 5.25. The molecule has 0 aliphatic heterocycles. The predicted molar refractivity (Wildman–Crippen MR) is 116 cm³/mol. The molecule has 30 heavy (non-hydrogen) atoms. The van der Waals surface area contributed by atoms with E-state index in [0.29, 0.717) is 18.4 Å². The van der Waals surface area contributed by atoms with Gasteiger partial charge in [0.05, 0.1) is 12.7 Å². The van der Waals surface area contributed by atoms with E-state index in [-0.39, 0.29) is 19.1 Å². The number of amides is 2. The molecule has 2 aromatic rings. The number of nitrogens with one attached hydrogen (secondary N) is 2. The van der Waals surface area contributed by atoms with E-state index in [1.54, 1.807) is 0 Å². The molecule has 0 saturated heterocycles. The third-order valence-corrected chi connectivity index (χ3v) is 5.19. The minimum absolute atomic E-state index is 0.158. The van der Waals surface area contributed by atoms with Crippen molar-refractivity contribution < 1.29 is 19.1 Å². The van der Waals surface area contributed by atoms with E-state index in [0.717, 1.165) is 29.9 Å². The SMILES string of the molecule is CC1CCCC(OCc2cccc(NC(=O)CNC(=O)OCc3ccccc3)c2)C1. The van der Waals surface area contributed by atoms with Crippen LogP contribution in [0.5, 0.6) is 0 Å². The number of anilines is 1. The second-order valence-electron chi connectivity index (χ2n) is 7.87. The fraction of sp³-hybridized carbons (Fsp3) is 0.417. The van der Waals surface area contributed by atoms with Gasteiger partial charge in [0.2, 0.25) is 5.91 Å². The quantitative estimate of drug-likeness (QED) is 0.664. The molecule has 0 bridgehead atoms. The van der Waals surface area contributed by atoms with Gasteiger partial charge in [-0.25, -0.2) is 4.79 Å². The lowest BCUT2D eigenvalue weighted by Crippen LogP contribution is -2.33. The molecule has 2 unspecified atom stereocenters. The van der Waals surface area contributed by atoms with E-state index in [9.17, 15) is 9.59 Å². The third-order valence-electron chi connectivity index (χ3n) is 5.19. The molecule has 1 aliphatic rings. The summed E-state index contributed by atoms with van der Waals surface area (Å²) in [6.45, 7) is 2.81. The van der Waals surface area contributed by atoms with Crippen molar-refractivity contribution in [3.8, 4) is 0 Å². The number of carbonyl (C=O) groups excluding carboxylic acids is 2. The number of hydrogen-bond acceptors (Lipinski definition) is 4. The van der Waals surface area contributed by atoms with Crippen LogP contribution in [0.1, 0.15) is 43.7 Å². The largest absolute Gasteiger partial charge is 0.445 e. The molecule has 1 aliphatic carbocycles. The summed E-state index contributed by atoms with van der Waals surface area (Å²) in [5.74, 6) is 0.409. The Morgan fingerprint density at radius 3 is 2.60 bits per heavy atom. The van der Waals surface area contributed by atoms with Gasteiger partial charge in [-0.1, -0.05) is 62.2 Å². The highest BCUT2D eigenvalue weighted by atomic mass is 16.5. The summed E-state index contributed by atoms with van der Waals surface area (Å²) >= 11 is 0. The van der Waals surface area contributed by atoms with Crippen LogP contribution in [0.25, 0.3) is 0 Å². The van der Waals surface area contributed by atoms with Crippen LogP contribution in [0.3, 0.4) is 0 Å². The van der Waals surface area contributed by atoms with Crippen LogP contribution in [-0.4, -0.2) is 24.6 Å². The Morgan fingerprint density at radius 1 is 1.00 bits per heavy atom. The molecule has 2 aromatic carbocycles. The average Bonchev–Trinajstić information content (AvgIpc) is 2.76. The Morgan fingerprint density at radius 2 is 1.80 bits per heavy atom. The molecule has 0 radical (unpaired) electrons. The number of ether oxygens (including phenoxy) is 2. The molecule has 3 rings (SSSR count). The van der Waals surface area contributed by atoms with E-state index in [2.05, 4.69) is 17.6 Å². The van der Waals surface area contributed by atoms with Gasteiger partial charge in [0.15, 0.2) is 0 Å². The lowest BCUT2D eigenvalue weighted by atomic mass is 9.89. The molecule has 1 fully saturated rings. The second-order valence-corrected chi connectivity index (χ2v) is 7.87. The molecule has 6 nitrogen and oxygen atoms in total. The highest BCUT2D eigenvalue weighted by Crippen LogP contribution is 2.26. The van der Waals surface area contributed by atoms with Gasteiger partial charge in [-0.15, -0.1) is 0 Å². The summed E-state index contributed by atoms with van der Waals surface area (Å²) in [5.41, 5.74) is 2.58. The van der Waals surface area contributed by atoms with Crippen molar-refractivity contribution in [2.75, 3.05) is 11.9 Å². The number of hydrogen-bond donors (Lipinski definition) is 2. The Labute approximate surface area is 178 Å². The average molecular weight is 411 g/mol. The number of rotatable bonds is 8. The fourth-order valence-corrected chi connectivity index (χ4v) is 3.61. The molecule has 2 amide bonds. The van der Waals surface area contributed by atoms with E-state index in [1.807, 2.05) is 54.6 Å². The van der Waals surface area contributed by atoms with Crippen molar-refractivity contribution >= 4 is 17.7 Å². The first-order valence-electron chi connectivity index (χ1n) is 10.5. The van der Waals surface area contributed by atoms with Crippen LogP contribution in [0, 0.1) is 5.92 Å². The van der Waals surface area contributed by atoms with Gasteiger partial charge in [-0.05, 0) is 42.0 Å². The molecule has 6 heteroatoms. The zero-order chi connectivity index (χ0) is 21.2. The van der Waals surface area contributed by atoms with Crippen molar-refractivity contribution in [2.45, 2.75) is 51.9 Å². The second kappa shape index (κ2) is 11.4. The van der Waals surface area contributed by atoms with Crippen molar-refractivity contribution in [1.82, 2.24) is 5.32 Å². The fourth-order valence-electron chi connectivity index (χ4n) is 3.61. The first-order valence-corrected chi connectivity index (χ1v) is 10.5. The van der Waals surface area contributed by atoms with Crippen molar-refractivity contribution in [2.24, 2.45) is 5.92 Å². The summed E-state index contributed by atoms with van der Waals surface area (Å²) in [6, 6.07) is 17.0. The van der Waals surface area contributed by atoms with Crippen LogP contribution >= 0.6 is 0 Å². The van der Waals surface area contributed by atoms with Crippen LogP contribution in [0.2, 0.25) is 0 Å². The topological polar surface area (TPSA) is 76.7 Å². The third kappa shape index (κ3) is 7.52. The van der Waals surface area contributed by atoms with E-state index >= 15 is 0 Å². The normalized spacial score (nSPS) is 18.4. The maximum absolute atomic E-state index is 12.1. The lowest BCUT2D eigenvalue weighted by Gasteiger charge is -2.26. The standard InChI is InChI=1S/C24H30N2O4/c1-18-7-5-12-22(13-18)29-17-20-10-6-11-21(14-20)26-23(27)15-25-24(28)30-16-19-8-3-2-4-9-19/h2-4,6,8-11,14,18,22H,5,7,12-13,15-17H2,1H3,(H,25,28)(H,26,27). The highest BCUT2D eigenvalue weighted by molar-refractivity contribution is 5.93. The molecule has 0 aromatic heterocycles. The lowest BCUT2D eigenvalue weighted by molar-refractivity contribution is -0.115. The van der Waals surface area contributed by atoms with Gasteiger partial charge < -0.3 is 20.1 Å². The minimum Gasteiger partial charge on any atom is -0.445 e. The molecule has 2 atom stereocenters. The van der Waals surface area contributed by atoms with Gasteiger partial charge in [-0.2, -0.15) is 0 Å². The maximum Gasteiger partial charge on any atom is 0.407 e. The molecular weight excluding hydrogens is 380 g/mol.